The van der Waals surface area contributed by atoms with Gasteiger partial charge in [-0.2, -0.15) is 0 Å². The monoisotopic (exact) mass is 840 g/mol. The Morgan fingerprint density at radius 2 is 1.00 bits per heavy atom. The molecule has 0 N–H and O–H groups in total. The molecule has 0 aliphatic heterocycles. The minimum Gasteiger partial charge on any atom is -0.472 e. The molecule has 0 saturated heterocycles. The Hall–Kier alpha value is -3.14. The number of rotatable bonds is 5. The molecule has 2 aromatic heterocycles. The molecule has 0 aliphatic carbocycles. The summed E-state index contributed by atoms with van der Waals surface area (Å²) in [5, 5.41) is 2.98. The van der Waals surface area contributed by atoms with Crippen LogP contribution in [0.15, 0.2) is 111 Å². The van der Waals surface area contributed by atoms with Gasteiger partial charge in [-0.25, -0.2) is 9.97 Å². The van der Waals surface area contributed by atoms with E-state index in [1.54, 1.807) is 60.7 Å². The Balaban J connectivity index is 0.000000184. The summed E-state index contributed by atoms with van der Waals surface area (Å²) in [5.41, 5.74) is 3.69. The minimum atomic E-state index is -0.329. The Morgan fingerprint density at radius 1 is 0.587 bits per heavy atom. The summed E-state index contributed by atoms with van der Waals surface area (Å²) < 4.78 is 8.31. The second-order valence-corrected chi connectivity index (χ2v) is 14.6. The molecule has 0 amide bonds. The highest BCUT2D eigenvalue weighted by Crippen LogP contribution is 2.30. The van der Waals surface area contributed by atoms with Gasteiger partial charge in [0.05, 0.1) is 11.0 Å². The van der Waals surface area contributed by atoms with Crippen LogP contribution in [0.4, 0.5) is 0 Å². The first-order chi connectivity index (χ1) is 21.8. The molecule has 0 unspecified atom stereocenters. The second-order valence-electron chi connectivity index (χ2n) is 11.2. The highest BCUT2D eigenvalue weighted by Gasteiger charge is 2.16. The maximum absolute atomic E-state index is 12.7. The largest absolute Gasteiger partial charge is 0.472 e. The van der Waals surface area contributed by atoms with E-state index in [0.29, 0.717) is 38.2 Å². The number of halogens is 5. The zero-order valence-corrected chi connectivity index (χ0v) is 31.0. The molecule has 2 heterocycles. The zero-order valence-electron chi connectivity index (χ0n) is 24.7. The summed E-state index contributed by atoms with van der Waals surface area (Å²) >= 11 is 22.1. The van der Waals surface area contributed by atoms with Crippen LogP contribution in [0.1, 0.15) is 52.6 Å². The summed E-state index contributed by atoms with van der Waals surface area (Å²) in [6.45, 7) is 5.92. The molecule has 0 atom stereocenters. The van der Waals surface area contributed by atoms with Gasteiger partial charge in [0.1, 0.15) is 10.2 Å². The van der Waals surface area contributed by atoms with Crippen LogP contribution in [0.3, 0.4) is 0 Å². The predicted molar refractivity (Wildman–Crippen MR) is 197 cm³/mol. The van der Waals surface area contributed by atoms with E-state index >= 15 is 0 Å². The van der Waals surface area contributed by atoms with Gasteiger partial charge in [-0.3, -0.25) is 9.59 Å². The lowest BCUT2D eigenvalue weighted by atomic mass is 10.0. The maximum atomic E-state index is 12.7. The van der Waals surface area contributed by atoms with Crippen LogP contribution in [0.25, 0.3) is 21.8 Å². The number of fused-ring (bicyclic) bond motifs is 2. The third-order valence-electron chi connectivity index (χ3n) is 6.61. The van der Waals surface area contributed by atoms with Gasteiger partial charge in [-0.1, -0.05) is 23.2 Å². The number of benzene rings is 4. The number of hydrogen-bond acceptors (Lipinski definition) is 5. The van der Waals surface area contributed by atoms with Gasteiger partial charge in [0.25, 0.3) is 0 Å². The second kappa shape index (κ2) is 14.3. The number of hydrogen-bond donors (Lipinski definition) is 0. The summed E-state index contributed by atoms with van der Waals surface area (Å²) in [4.78, 5) is 34.1. The Kier molecular flexibility index (Phi) is 10.6. The van der Waals surface area contributed by atoms with Gasteiger partial charge in [0.15, 0.2) is 11.6 Å². The first-order valence-corrected chi connectivity index (χ1v) is 17.1. The summed E-state index contributed by atoms with van der Waals surface area (Å²) in [6, 6.07) is 28.3. The van der Waals surface area contributed by atoms with E-state index in [0.717, 1.165) is 35.4 Å². The summed E-state index contributed by atoms with van der Waals surface area (Å²) in [5.74, 6) is 0.451. The van der Waals surface area contributed by atoms with Gasteiger partial charge in [-0.15, -0.1) is 0 Å². The smallest absolute Gasteiger partial charge is 0.215 e. The first-order valence-electron chi connectivity index (χ1n) is 13.9. The molecule has 4 aromatic carbocycles. The van der Waals surface area contributed by atoms with Crippen LogP contribution >= 0.6 is 71.0 Å². The quantitative estimate of drug-likeness (QED) is 0.128. The fraction of sp³-hybridized carbons (Fsp3) is 0.111. The van der Waals surface area contributed by atoms with Crippen LogP contribution in [-0.4, -0.2) is 27.1 Å². The molecule has 0 aliphatic rings. The molecule has 46 heavy (non-hydrogen) atoms. The van der Waals surface area contributed by atoms with Crippen molar-refractivity contribution in [2.75, 3.05) is 0 Å². The van der Waals surface area contributed by atoms with Crippen molar-refractivity contribution in [3.63, 3.8) is 0 Å². The van der Waals surface area contributed by atoms with Crippen LogP contribution < -0.4 is 4.74 Å². The predicted octanol–water partition coefficient (Wildman–Crippen LogP) is 11.7. The fourth-order valence-corrected chi connectivity index (χ4v) is 6.53. The molecule has 0 bridgehead atoms. The van der Waals surface area contributed by atoms with E-state index in [1.165, 1.54) is 0 Å². The summed E-state index contributed by atoms with van der Waals surface area (Å²) in [6.07, 6.45) is 0. The zero-order chi connectivity index (χ0) is 33.2. The third kappa shape index (κ3) is 8.41. The Bertz CT molecular complexity index is 2100. The van der Waals surface area contributed by atoms with Crippen molar-refractivity contribution in [1.82, 2.24) is 9.97 Å². The SMILES string of the molecule is CC(C)(C)Oc1cc(Br)c2cc(C(=O)c3ccc(Cl)cc3)ccc2n1.O=C(c1ccc(Cl)cc1)c1ccc2nc(Br)cc(Br)c2c1. The highest BCUT2D eigenvalue weighted by molar-refractivity contribution is 9.11. The van der Waals surface area contributed by atoms with E-state index in [9.17, 15) is 9.59 Å². The molecule has 0 spiro atoms. The number of carbonyl (C=O) groups excluding carboxylic acids is 2. The lowest BCUT2D eigenvalue weighted by Crippen LogP contribution is -2.23. The lowest BCUT2D eigenvalue weighted by Gasteiger charge is -2.20. The van der Waals surface area contributed by atoms with E-state index in [2.05, 4.69) is 57.8 Å². The molecule has 5 nitrogen and oxygen atoms in total. The average Bonchev–Trinajstić information content (AvgIpc) is 3.00. The molecule has 0 radical (unpaired) electrons. The number of pyridine rings is 2. The van der Waals surface area contributed by atoms with Crippen molar-refractivity contribution in [2.45, 2.75) is 26.4 Å². The number of nitrogens with zero attached hydrogens (tertiary/aromatic N) is 2. The molecule has 232 valence electrons. The Labute approximate surface area is 301 Å². The van der Waals surface area contributed by atoms with Crippen molar-refractivity contribution in [3.8, 4) is 5.88 Å². The molecule has 6 aromatic rings. The van der Waals surface area contributed by atoms with Gasteiger partial charge < -0.3 is 4.74 Å². The molecule has 0 fully saturated rings. The van der Waals surface area contributed by atoms with Crippen molar-refractivity contribution in [2.24, 2.45) is 0 Å². The first kappa shape index (κ1) is 34.2. The molecule has 6 rings (SSSR count). The van der Waals surface area contributed by atoms with E-state index < -0.39 is 0 Å². The van der Waals surface area contributed by atoms with Crippen LogP contribution in [0, 0.1) is 0 Å². The molecular formula is C36H25Br3Cl2N2O3. The normalized spacial score (nSPS) is 11.2. The third-order valence-corrected chi connectivity index (χ3v) is 8.83. The topological polar surface area (TPSA) is 69.2 Å². The maximum Gasteiger partial charge on any atom is 0.215 e. The number of ether oxygens (including phenoxy) is 1. The van der Waals surface area contributed by atoms with Gasteiger partial charge in [0.2, 0.25) is 5.88 Å². The van der Waals surface area contributed by atoms with Crippen molar-refractivity contribution in [1.29, 1.82) is 0 Å². The van der Waals surface area contributed by atoms with Crippen LogP contribution in [0.5, 0.6) is 5.88 Å². The Morgan fingerprint density at radius 3 is 1.46 bits per heavy atom. The van der Waals surface area contributed by atoms with Crippen molar-refractivity contribution < 1.29 is 14.3 Å². The van der Waals surface area contributed by atoms with Crippen molar-refractivity contribution >= 4 is 104 Å². The van der Waals surface area contributed by atoms with Crippen LogP contribution in [0.2, 0.25) is 10.0 Å². The molecule has 0 saturated carbocycles. The van der Waals surface area contributed by atoms with E-state index in [4.69, 9.17) is 27.9 Å². The fourth-order valence-electron chi connectivity index (χ4n) is 4.50. The number of ketones is 2. The lowest BCUT2D eigenvalue weighted by molar-refractivity contribution is 0.103. The number of aromatic nitrogens is 2. The van der Waals surface area contributed by atoms with E-state index in [-0.39, 0.29) is 17.2 Å². The molecular weight excluding hydrogens is 819 g/mol. The minimum absolute atomic E-state index is 0.0385. The average molecular weight is 844 g/mol. The van der Waals surface area contributed by atoms with Crippen LogP contribution in [-0.2, 0) is 0 Å². The van der Waals surface area contributed by atoms with Gasteiger partial charge in [-0.05, 0) is 160 Å². The van der Waals surface area contributed by atoms with Crippen molar-refractivity contribution in [3.05, 3.63) is 143 Å². The van der Waals surface area contributed by atoms with Gasteiger partial charge >= 0.3 is 0 Å². The summed E-state index contributed by atoms with van der Waals surface area (Å²) in [7, 11) is 0. The molecule has 10 heteroatoms. The standard InChI is InChI=1S/C20H17BrClNO2.C16H8Br2ClNO/c1-20(2,3)25-18-11-16(21)15-10-13(6-9-17(15)23-18)19(24)12-4-7-14(22)8-5-12;17-13-8-15(18)20-14-6-3-10(7-12(13)14)16(21)9-1-4-11(19)5-2-9/h4-11H,1-3H3;1-8H. The van der Waals surface area contributed by atoms with Gasteiger partial charge in [0, 0.05) is 58.1 Å². The van der Waals surface area contributed by atoms with E-state index in [1.807, 2.05) is 57.2 Å². The number of carbonyl (C=O) groups is 2. The highest BCUT2D eigenvalue weighted by atomic mass is 79.9.